The van der Waals surface area contributed by atoms with Crippen LogP contribution in [0.1, 0.15) is 11.1 Å². The molecule has 1 N–H and O–H groups in total. The van der Waals surface area contributed by atoms with Gasteiger partial charge in [-0.15, -0.1) is 0 Å². The highest BCUT2D eigenvalue weighted by Crippen LogP contribution is 2.17. The van der Waals surface area contributed by atoms with E-state index in [9.17, 15) is 9.90 Å². The van der Waals surface area contributed by atoms with Crippen molar-refractivity contribution in [2.24, 2.45) is 0 Å². The summed E-state index contributed by atoms with van der Waals surface area (Å²) in [6, 6.07) is 13.4. The van der Waals surface area contributed by atoms with Gasteiger partial charge >= 0.3 is 0 Å². The van der Waals surface area contributed by atoms with E-state index in [1.807, 2.05) is 42.5 Å². The molecule has 0 saturated heterocycles. The number of rotatable bonds is 6. The van der Waals surface area contributed by atoms with E-state index in [1.54, 1.807) is 29.6 Å². The van der Waals surface area contributed by atoms with Crippen molar-refractivity contribution < 1.29 is 9.90 Å². The van der Waals surface area contributed by atoms with Gasteiger partial charge in [0.25, 0.3) is 0 Å². The molecule has 0 aliphatic heterocycles. The van der Waals surface area contributed by atoms with Gasteiger partial charge in [0.15, 0.2) is 0 Å². The second kappa shape index (κ2) is 8.17. The van der Waals surface area contributed by atoms with Gasteiger partial charge in [-0.3, -0.25) is 14.8 Å². The number of carbonyl (C=O) groups is 1. The van der Waals surface area contributed by atoms with Crippen molar-refractivity contribution in [3.63, 3.8) is 0 Å². The van der Waals surface area contributed by atoms with E-state index in [1.165, 1.54) is 6.08 Å². The average Bonchev–Trinajstić information content (AvgIpc) is 2.66. The molecule has 0 aliphatic rings. The molecule has 5 nitrogen and oxygen atoms in total. The van der Waals surface area contributed by atoms with E-state index >= 15 is 0 Å². The predicted molar refractivity (Wildman–Crippen MR) is 97.5 cm³/mol. The lowest BCUT2D eigenvalue weighted by Crippen LogP contribution is -2.31. The first-order valence-electron chi connectivity index (χ1n) is 8.08. The number of fused-ring (bicyclic) bond motifs is 1. The molecule has 3 rings (SSSR count). The van der Waals surface area contributed by atoms with Gasteiger partial charge in [-0.2, -0.15) is 0 Å². The predicted octanol–water partition coefficient (Wildman–Crippen LogP) is 2.66. The van der Waals surface area contributed by atoms with Crippen molar-refractivity contribution in [1.82, 2.24) is 14.9 Å². The zero-order valence-electron chi connectivity index (χ0n) is 13.7. The molecule has 1 aromatic carbocycles. The van der Waals surface area contributed by atoms with Gasteiger partial charge in [0.05, 0.1) is 12.1 Å². The van der Waals surface area contributed by atoms with Crippen LogP contribution in [0.4, 0.5) is 0 Å². The van der Waals surface area contributed by atoms with Crippen LogP contribution < -0.4 is 0 Å². The number of hydrogen-bond acceptors (Lipinski definition) is 4. The van der Waals surface area contributed by atoms with Crippen LogP contribution in [-0.4, -0.2) is 39.0 Å². The largest absolute Gasteiger partial charge is 0.395 e. The van der Waals surface area contributed by atoms with E-state index in [0.717, 1.165) is 22.0 Å². The Hall–Kier alpha value is -3.05. The van der Waals surface area contributed by atoms with Crippen LogP contribution in [0.5, 0.6) is 0 Å². The molecule has 5 heteroatoms. The number of aliphatic hydroxyl groups excluding tert-OH is 1. The standard InChI is InChI=1S/C20H19N3O2/c24-13-12-23(15-16-4-3-10-21-14-16)20(25)8-7-17-9-11-22-19-6-2-1-5-18(17)19/h1-11,14,24H,12-13,15H2/b8-7+. The topological polar surface area (TPSA) is 66.3 Å². The van der Waals surface area contributed by atoms with E-state index < -0.39 is 0 Å². The molecule has 0 atom stereocenters. The lowest BCUT2D eigenvalue weighted by molar-refractivity contribution is -0.127. The summed E-state index contributed by atoms with van der Waals surface area (Å²) in [6.45, 7) is 0.599. The van der Waals surface area contributed by atoms with E-state index in [4.69, 9.17) is 0 Å². The third-order valence-corrected chi connectivity index (χ3v) is 3.87. The maximum atomic E-state index is 12.5. The molecule has 0 aliphatic carbocycles. The molecule has 0 fully saturated rings. The number of pyridine rings is 2. The number of aromatic nitrogens is 2. The van der Waals surface area contributed by atoms with Crippen LogP contribution in [0.15, 0.2) is 67.1 Å². The minimum Gasteiger partial charge on any atom is -0.395 e. The number of amides is 1. The summed E-state index contributed by atoms with van der Waals surface area (Å²) in [5.41, 5.74) is 2.75. The van der Waals surface area contributed by atoms with Crippen LogP contribution in [0.25, 0.3) is 17.0 Å². The van der Waals surface area contributed by atoms with Crippen molar-refractivity contribution in [3.8, 4) is 0 Å². The molecule has 2 heterocycles. The Morgan fingerprint density at radius 1 is 1.12 bits per heavy atom. The van der Waals surface area contributed by atoms with Crippen LogP contribution in [0.3, 0.4) is 0 Å². The summed E-state index contributed by atoms with van der Waals surface area (Å²) in [4.78, 5) is 22.5. The van der Waals surface area contributed by atoms with Gasteiger partial charge in [0.2, 0.25) is 5.91 Å². The van der Waals surface area contributed by atoms with Crippen molar-refractivity contribution in [2.45, 2.75) is 6.54 Å². The van der Waals surface area contributed by atoms with Gasteiger partial charge in [-0.25, -0.2) is 0 Å². The number of para-hydroxylation sites is 1. The Bertz CT molecular complexity index is 873. The molecule has 126 valence electrons. The zero-order chi connectivity index (χ0) is 17.5. The quantitative estimate of drug-likeness (QED) is 0.704. The molecule has 0 bridgehead atoms. The molecule has 25 heavy (non-hydrogen) atoms. The minimum absolute atomic E-state index is 0.0853. The van der Waals surface area contributed by atoms with Gasteiger partial charge in [-0.05, 0) is 35.4 Å². The summed E-state index contributed by atoms with van der Waals surface area (Å²) in [6.07, 6.45) is 8.47. The molecule has 1 amide bonds. The highest BCUT2D eigenvalue weighted by molar-refractivity contribution is 5.95. The summed E-state index contributed by atoms with van der Waals surface area (Å²) < 4.78 is 0. The summed E-state index contributed by atoms with van der Waals surface area (Å²) in [5.74, 6) is -0.154. The fourth-order valence-corrected chi connectivity index (χ4v) is 2.63. The van der Waals surface area contributed by atoms with Crippen molar-refractivity contribution >= 4 is 22.9 Å². The summed E-state index contributed by atoms with van der Waals surface area (Å²) >= 11 is 0. The molecule has 0 radical (unpaired) electrons. The maximum absolute atomic E-state index is 12.5. The maximum Gasteiger partial charge on any atom is 0.246 e. The van der Waals surface area contributed by atoms with Gasteiger partial charge in [-0.1, -0.05) is 24.3 Å². The Morgan fingerprint density at radius 2 is 2.00 bits per heavy atom. The number of carbonyl (C=O) groups excluding carboxylic acids is 1. The molecule has 2 aromatic heterocycles. The third kappa shape index (κ3) is 4.28. The van der Waals surface area contributed by atoms with Crippen LogP contribution in [0.2, 0.25) is 0 Å². The van der Waals surface area contributed by atoms with Gasteiger partial charge in [0.1, 0.15) is 0 Å². The van der Waals surface area contributed by atoms with Gasteiger partial charge < -0.3 is 10.0 Å². The Balaban J connectivity index is 1.79. The van der Waals surface area contributed by atoms with Crippen LogP contribution in [-0.2, 0) is 11.3 Å². The average molecular weight is 333 g/mol. The first-order valence-corrected chi connectivity index (χ1v) is 8.08. The zero-order valence-corrected chi connectivity index (χ0v) is 13.7. The minimum atomic E-state index is -0.154. The SMILES string of the molecule is O=C(/C=C/c1ccnc2ccccc12)N(CCO)Cc1cccnc1. The molecule has 0 saturated carbocycles. The Labute approximate surface area is 146 Å². The van der Waals surface area contributed by atoms with Crippen LogP contribution >= 0.6 is 0 Å². The molecule has 3 aromatic rings. The molecule has 0 spiro atoms. The number of hydrogen-bond donors (Lipinski definition) is 1. The Kier molecular flexibility index (Phi) is 5.49. The highest BCUT2D eigenvalue weighted by atomic mass is 16.3. The lowest BCUT2D eigenvalue weighted by Gasteiger charge is -2.20. The van der Waals surface area contributed by atoms with E-state index in [-0.39, 0.29) is 19.1 Å². The first kappa shape index (κ1) is 16.8. The lowest BCUT2D eigenvalue weighted by atomic mass is 10.1. The normalized spacial score (nSPS) is 11.1. The highest BCUT2D eigenvalue weighted by Gasteiger charge is 2.11. The van der Waals surface area contributed by atoms with Crippen molar-refractivity contribution in [1.29, 1.82) is 0 Å². The summed E-state index contributed by atoms with van der Waals surface area (Å²) in [7, 11) is 0. The van der Waals surface area contributed by atoms with Gasteiger partial charge in [0, 0.05) is 43.1 Å². The fourth-order valence-electron chi connectivity index (χ4n) is 2.63. The molecular formula is C20H19N3O2. The number of benzene rings is 1. The van der Waals surface area contributed by atoms with E-state index in [0.29, 0.717) is 6.54 Å². The first-order chi connectivity index (χ1) is 12.3. The second-order valence-electron chi connectivity index (χ2n) is 5.60. The number of nitrogens with zero attached hydrogens (tertiary/aromatic N) is 3. The van der Waals surface area contributed by atoms with Crippen molar-refractivity contribution in [3.05, 3.63) is 78.3 Å². The smallest absolute Gasteiger partial charge is 0.246 e. The van der Waals surface area contributed by atoms with Crippen LogP contribution in [0, 0.1) is 0 Å². The molecular weight excluding hydrogens is 314 g/mol. The second-order valence-corrected chi connectivity index (χ2v) is 5.60. The monoisotopic (exact) mass is 333 g/mol. The summed E-state index contributed by atoms with van der Waals surface area (Å²) in [5, 5.41) is 10.2. The molecule has 0 unspecified atom stereocenters. The van der Waals surface area contributed by atoms with Crippen molar-refractivity contribution in [2.75, 3.05) is 13.2 Å². The Morgan fingerprint density at radius 3 is 2.80 bits per heavy atom. The third-order valence-electron chi connectivity index (χ3n) is 3.87. The number of aliphatic hydroxyl groups is 1. The van der Waals surface area contributed by atoms with E-state index in [2.05, 4.69) is 9.97 Å². The fraction of sp³-hybridized carbons (Fsp3) is 0.150.